The minimum absolute atomic E-state index is 0.236. The Morgan fingerprint density at radius 2 is 1.72 bits per heavy atom. The van der Waals surface area contributed by atoms with Crippen molar-refractivity contribution in [2.45, 2.75) is 13.8 Å². The molecule has 0 atom stereocenters. The lowest BCUT2D eigenvalue weighted by Crippen LogP contribution is -2.09. The second kappa shape index (κ2) is 9.69. The number of hydrogen-bond donors (Lipinski definition) is 1. The van der Waals surface area contributed by atoms with Gasteiger partial charge in [-0.15, -0.1) is 0 Å². The summed E-state index contributed by atoms with van der Waals surface area (Å²) in [4.78, 5) is 25.8. The highest BCUT2D eigenvalue weighted by Crippen LogP contribution is 2.35. The van der Waals surface area contributed by atoms with Gasteiger partial charge in [0.2, 0.25) is 0 Å². The third-order valence-corrected chi connectivity index (χ3v) is 4.82. The van der Waals surface area contributed by atoms with Gasteiger partial charge in [-0.2, -0.15) is 9.98 Å². The van der Waals surface area contributed by atoms with Crippen LogP contribution in [0.5, 0.6) is 0 Å². The maximum Gasteiger partial charge on any atom is 0.357 e. The van der Waals surface area contributed by atoms with Crippen molar-refractivity contribution in [3.8, 4) is 0 Å². The number of nitrogens with zero attached hydrogens (tertiary/aromatic N) is 3. The van der Waals surface area contributed by atoms with Crippen LogP contribution in [0.25, 0.3) is 10.8 Å². The molecule has 4 rings (SSSR count). The van der Waals surface area contributed by atoms with Crippen LogP contribution >= 0.6 is 0 Å². The van der Waals surface area contributed by atoms with E-state index in [4.69, 9.17) is 4.74 Å². The Hall–Kier alpha value is -4.28. The van der Waals surface area contributed by atoms with Gasteiger partial charge in [-0.1, -0.05) is 42.5 Å². The highest BCUT2D eigenvalue weighted by atomic mass is 16.5. The molecule has 158 valence electrons. The first-order chi connectivity index (χ1) is 15.7. The number of aryl methyl sites for hydroxylation is 1. The highest BCUT2D eigenvalue weighted by molar-refractivity contribution is 6.06. The molecule has 6 heteroatoms. The van der Waals surface area contributed by atoms with Crippen molar-refractivity contribution in [3.63, 3.8) is 0 Å². The third kappa shape index (κ3) is 4.72. The number of carbonyl (C=O) groups excluding carboxylic acids is 1. The SMILES string of the molecule is CCOC(=O)c1cc2c(C)ccc(N=C=Nc3ccccc3)c2c(Nc2ccccc2)n1. The molecule has 1 aromatic heterocycles. The largest absolute Gasteiger partial charge is 0.461 e. The van der Waals surface area contributed by atoms with E-state index in [2.05, 4.69) is 26.3 Å². The molecule has 0 amide bonds. The molecular formula is C26H22N4O2. The number of hydrogen-bond acceptors (Lipinski definition) is 6. The summed E-state index contributed by atoms with van der Waals surface area (Å²) in [5.41, 5.74) is 3.48. The zero-order valence-corrected chi connectivity index (χ0v) is 17.9. The van der Waals surface area contributed by atoms with Crippen molar-refractivity contribution in [1.82, 2.24) is 4.98 Å². The van der Waals surface area contributed by atoms with Gasteiger partial charge in [0, 0.05) is 5.69 Å². The van der Waals surface area contributed by atoms with Crippen molar-refractivity contribution in [2.24, 2.45) is 9.98 Å². The Morgan fingerprint density at radius 3 is 2.44 bits per heavy atom. The molecule has 0 fully saturated rings. The third-order valence-electron chi connectivity index (χ3n) is 4.82. The van der Waals surface area contributed by atoms with Crippen LogP contribution in [-0.2, 0) is 4.74 Å². The number of aliphatic imine (C=N–C) groups is 2. The molecule has 32 heavy (non-hydrogen) atoms. The number of nitrogens with one attached hydrogen (secondary N) is 1. The molecule has 0 saturated carbocycles. The summed E-state index contributed by atoms with van der Waals surface area (Å²) in [6.45, 7) is 4.03. The fraction of sp³-hybridized carbons (Fsp3) is 0.115. The van der Waals surface area contributed by atoms with E-state index >= 15 is 0 Å². The first kappa shape index (κ1) is 21.0. The van der Waals surface area contributed by atoms with E-state index in [1.54, 1.807) is 13.0 Å². The summed E-state index contributed by atoms with van der Waals surface area (Å²) in [6.07, 6.45) is 0. The minimum atomic E-state index is -0.468. The van der Waals surface area contributed by atoms with E-state index in [-0.39, 0.29) is 12.3 Å². The minimum Gasteiger partial charge on any atom is -0.461 e. The molecule has 3 aromatic carbocycles. The second-order valence-corrected chi connectivity index (χ2v) is 7.05. The molecule has 0 saturated heterocycles. The number of carbonyl (C=O) groups is 1. The Morgan fingerprint density at radius 1 is 1.00 bits per heavy atom. The van der Waals surface area contributed by atoms with Crippen LogP contribution in [-0.4, -0.2) is 23.6 Å². The maximum atomic E-state index is 12.5. The van der Waals surface area contributed by atoms with Crippen molar-refractivity contribution in [1.29, 1.82) is 0 Å². The van der Waals surface area contributed by atoms with Crippen molar-refractivity contribution in [3.05, 3.63) is 90.1 Å². The number of aromatic nitrogens is 1. The van der Waals surface area contributed by atoms with Crippen LogP contribution in [0.4, 0.5) is 22.9 Å². The average Bonchev–Trinajstić information content (AvgIpc) is 2.82. The standard InChI is InChI=1S/C26H22N4O2/c1-3-32-26(31)23-16-21-18(2)14-15-22(28-17-27-19-10-6-4-7-11-19)24(21)25(30-23)29-20-12-8-5-9-13-20/h4-16H,3H2,1-2H3,(H,29,30). The van der Waals surface area contributed by atoms with Crippen LogP contribution in [0.1, 0.15) is 23.0 Å². The molecule has 1 N–H and O–H groups in total. The number of pyridine rings is 1. The Kier molecular flexibility index (Phi) is 6.35. The number of rotatable bonds is 6. The molecule has 0 spiro atoms. The second-order valence-electron chi connectivity index (χ2n) is 7.05. The highest BCUT2D eigenvalue weighted by Gasteiger charge is 2.17. The van der Waals surface area contributed by atoms with Gasteiger partial charge in [0.1, 0.15) is 11.8 Å². The normalized spacial score (nSPS) is 10.3. The van der Waals surface area contributed by atoms with Crippen LogP contribution in [0.2, 0.25) is 0 Å². The Balaban J connectivity index is 1.88. The first-order valence-electron chi connectivity index (χ1n) is 10.3. The predicted octanol–water partition coefficient (Wildman–Crippen LogP) is 6.60. The van der Waals surface area contributed by atoms with Gasteiger partial charge in [0.25, 0.3) is 0 Å². The number of esters is 1. The summed E-state index contributed by atoms with van der Waals surface area (Å²) < 4.78 is 5.19. The van der Waals surface area contributed by atoms with Gasteiger partial charge in [-0.05, 0) is 61.2 Å². The van der Waals surface area contributed by atoms with Crippen LogP contribution in [0, 0.1) is 6.92 Å². The lowest BCUT2D eigenvalue weighted by molar-refractivity contribution is 0.0520. The van der Waals surface area contributed by atoms with Crippen molar-refractivity contribution in [2.75, 3.05) is 11.9 Å². The van der Waals surface area contributed by atoms with Crippen LogP contribution < -0.4 is 5.32 Å². The summed E-state index contributed by atoms with van der Waals surface area (Å²) in [6, 6.07) is 27.5. The molecule has 4 aromatic rings. The molecular weight excluding hydrogens is 400 g/mol. The Bertz CT molecular complexity index is 1310. The van der Waals surface area contributed by atoms with Crippen molar-refractivity contribution >= 4 is 45.6 Å². The lowest BCUT2D eigenvalue weighted by atomic mass is 10.0. The number of ether oxygens (including phenoxy) is 1. The number of fused-ring (bicyclic) bond motifs is 1. The molecule has 6 nitrogen and oxygen atoms in total. The van der Waals surface area contributed by atoms with Crippen LogP contribution in [0.3, 0.4) is 0 Å². The summed E-state index contributed by atoms with van der Waals surface area (Å²) in [5.74, 6) is 0.0465. The van der Waals surface area contributed by atoms with E-state index in [0.29, 0.717) is 11.5 Å². The number of para-hydroxylation sites is 2. The zero-order chi connectivity index (χ0) is 22.3. The van der Waals surface area contributed by atoms with Crippen molar-refractivity contribution < 1.29 is 9.53 Å². The van der Waals surface area contributed by atoms with E-state index in [9.17, 15) is 4.79 Å². The van der Waals surface area contributed by atoms with E-state index in [1.165, 1.54) is 0 Å². The topological polar surface area (TPSA) is 75.9 Å². The monoisotopic (exact) mass is 422 g/mol. The summed E-state index contributed by atoms with van der Waals surface area (Å²) in [5, 5.41) is 4.95. The number of benzene rings is 3. The molecule has 0 aliphatic rings. The first-order valence-corrected chi connectivity index (χ1v) is 10.3. The maximum absolute atomic E-state index is 12.5. The quantitative estimate of drug-likeness (QED) is 0.280. The molecule has 0 aliphatic heterocycles. The molecule has 1 heterocycles. The van der Waals surface area contributed by atoms with Gasteiger partial charge < -0.3 is 10.1 Å². The van der Waals surface area contributed by atoms with Gasteiger partial charge >= 0.3 is 5.97 Å². The zero-order valence-electron chi connectivity index (χ0n) is 17.9. The fourth-order valence-corrected chi connectivity index (χ4v) is 3.28. The van der Waals surface area contributed by atoms with Gasteiger partial charge in [-0.25, -0.2) is 9.78 Å². The Labute approximate surface area is 186 Å². The van der Waals surface area contributed by atoms with Crippen LogP contribution in [0.15, 0.2) is 88.8 Å². The molecule has 0 bridgehead atoms. The van der Waals surface area contributed by atoms with E-state index in [1.807, 2.05) is 79.7 Å². The molecule has 0 radical (unpaired) electrons. The van der Waals surface area contributed by atoms with Gasteiger partial charge in [0.15, 0.2) is 5.69 Å². The fourth-order valence-electron chi connectivity index (χ4n) is 3.28. The van der Waals surface area contributed by atoms with E-state index < -0.39 is 5.97 Å². The molecule has 0 unspecified atom stereocenters. The predicted molar refractivity (Wildman–Crippen MR) is 128 cm³/mol. The smallest absolute Gasteiger partial charge is 0.357 e. The number of anilines is 2. The van der Waals surface area contributed by atoms with Gasteiger partial charge in [-0.3, -0.25) is 0 Å². The summed E-state index contributed by atoms with van der Waals surface area (Å²) in [7, 11) is 0. The van der Waals surface area contributed by atoms with E-state index in [0.717, 1.165) is 27.7 Å². The molecule has 0 aliphatic carbocycles. The lowest BCUT2D eigenvalue weighted by Gasteiger charge is -2.14. The average molecular weight is 422 g/mol. The van der Waals surface area contributed by atoms with Gasteiger partial charge in [0.05, 0.1) is 23.4 Å². The summed E-state index contributed by atoms with van der Waals surface area (Å²) >= 11 is 0.